The van der Waals surface area contributed by atoms with Crippen LogP contribution in [0.3, 0.4) is 0 Å². The van der Waals surface area contributed by atoms with Gasteiger partial charge in [0.1, 0.15) is 5.69 Å². The molecule has 4 heteroatoms. The van der Waals surface area contributed by atoms with Gasteiger partial charge < -0.3 is 5.32 Å². The Hall–Kier alpha value is -1.68. The molecule has 0 fully saturated rings. The van der Waals surface area contributed by atoms with Crippen molar-refractivity contribution in [3.05, 3.63) is 52.5 Å². The van der Waals surface area contributed by atoms with Crippen LogP contribution in [0.4, 0.5) is 0 Å². The van der Waals surface area contributed by atoms with Gasteiger partial charge in [-0.3, -0.25) is 4.79 Å². The molecule has 0 saturated carbocycles. The molecule has 18 heavy (non-hydrogen) atoms. The van der Waals surface area contributed by atoms with E-state index in [2.05, 4.69) is 36.3 Å². The number of amides is 1. The second kappa shape index (κ2) is 5.31. The normalized spacial score (nSPS) is 11.2. The topological polar surface area (TPSA) is 42.0 Å². The summed E-state index contributed by atoms with van der Waals surface area (Å²) in [5, 5.41) is 4.68. The minimum absolute atomic E-state index is 0.0903. The first-order valence-electron chi connectivity index (χ1n) is 5.81. The predicted octanol–water partition coefficient (Wildman–Crippen LogP) is 2.85. The number of carbonyl (C=O) groups excluding carboxylic acids is 1. The number of nitrogens with one attached hydrogen (secondary N) is 1. The van der Waals surface area contributed by atoms with Crippen LogP contribution < -0.4 is 5.32 Å². The third kappa shape index (κ3) is 2.96. The second-order valence-corrected chi connectivity index (χ2v) is 5.52. The molecule has 3 nitrogen and oxygen atoms in total. The maximum atomic E-state index is 11.8. The highest BCUT2D eigenvalue weighted by molar-refractivity contribution is 7.07. The molecule has 1 heterocycles. The van der Waals surface area contributed by atoms with Gasteiger partial charge in [-0.05, 0) is 5.56 Å². The van der Waals surface area contributed by atoms with Gasteiger partial charge in [-0.1, -0.05) is 44.2 Å². The van der Waals surface area contributed by atoms with Gasteiger partial charge in [0.05, 0.1) is 5.51 Å². The number of rotatable bonds is 4. The molecule has 1 aromatic carbocycles. The molecular weight excluding hydrogens is 244 g/mol. The van der Waals surface area contributed by atoms with Gasteiger partial charge in [-0.2, -0.15) is 0 Å². The summed E-state index contributed by atoms with van der Waals surface area (Å²) in [5.41, 5.74) is 3.27. The van der Waals surface area contributed by atoms with Gasteiger partial charge in [0, 0.05) is 17.3 Å². The number of aromatic nitrogens is 1. The highest BCUT2D eigenvalue weighted by Gasteiger charge is 2.21. The molecule has 1 N–H and O–H groups in total. The van der Waals surface area contributed by atoms with Gasteiger partial charge >= 0.3 is 0 Å². The standard InChI is InChI=1S/C14H16N2OS/c1-14(2,11-6-4-3-5-7-11)9-15-13(17)12-8-18-10-16-12/h3-8,10H,9H2,1-2H3,(H,15,17). The zero-order valence-electron chi connectivity index (χ0n) is 10.5. The van der Waals surface area contributed by atoms with Crippen LogP contribution in [0.2, 0.25) is 0 Å². The number of carbonyl (C=O) groups is 1. The highest BCUT2D eigenvalue weighted by atomic mass is 32.1. The van der Waals surface area contributed by atoms with E-state index < -0.39 is 0 Å². The van der Waals surface area contributed by atoms with Crippen molar-refractivity contribution in [2.45, 2.75) is 19.3 Å². The molecule has 0 atom stereocenters. The van der Waals surface area contributed by atoms with Gasteiger partial charge in [-0.25, -0.2) is 4.98 Å². The van der Waals surface area contributed by atoms with Crippen molar-refractivity contribution >= 4 is 17.2 Å². The number of nitrogens with zero attached hydrogens (tertiary/aromatic N) is 1. The molecule has 94 valence electrons. The smallest absolute Gasteiger partial charge is 0.270 e. The monoisotopic (exact) mass is 260 g/mol. The fourth-order valence-electron chi connectivity index (χ4n) is 1.71. The molecule has 0 radical (unpaired) electrons. The van der Waals surface area contributed by atoms with E-state index in [1.54, 1.807) is 10.9 Å². The van der Waals surface area contributed by atoms with E-state index in [-0.39, 0.29) is 11.3 Å². The first kappa shape index (κ1) is 12.8. The van der Waals surface area contributed by atoms with Crippen LogP contribution in [0.25, 0.3) is 0 Å². The molecule has 0 aliphatic heterocycles. The Bertz CT molecular complexity index is 506. The molecule has 0 unspecified atom stereocenters. The average molecular weight is 260 g/mol. The van der Waals surface area contributed by atoms with Gasteiger partial charge in [0.15, 0.2) is 0 Å². The van der Waals surface area contributed by atoms with Gasteiger partial charge in [0.2, 0.25) is 0 Å². The van der Waals surface area contributed by atoms with E-state index in [9.17, 15) is 4.79 Å². The fourth-order valence-corrected chi connectivity index (χ4v) is 2.24. The summed E-state index contributed by atoms with van der Waals surface area (Å²) in [4.78, 5) is 15.8. The van der Waals surface area contributed by atoms with Gasteiger partial charge in [-0.15, -0.1) is 11.3 Å². The summed E-state index contributed by atoms with van der Waals surface area (Å²) in [6.45, 7) is 4.82. The Morgan fingerprint density at radius 2 is 2.06 bits per heavy atom. The molecule has 0 aliphatic rings. The molecule has 0 saturated heterocycles. The maximum absolute atomic E-state index is 11.8. The zero-order valence-corrected chi connectivity index (χ0v) is 11.3. The first-order valence-corrected chi connectivity index (χ1v) is 6.76. The average Bonchev–Trinajstić information content (AvgIpc) is 2.91. The largest absolute Gasteiger partial charge is 0.350 e. The lowest BCUT2D eigenvalue weighted by molar-refractivity contribution is 0.0941. The Morgan fingerprint density at radius 1 is 1.33 bits per heavy atom. The van der Waals surface area contributed by atoms with Crippen LogP contribution in [-0.4, -0.2) is 17.4 Å². The van der Waals surface area contributed by atoms with Crippen molar-refractivity contribution in [2.24, 2.45) is 0 Å². The number of hydrogen-bond acceptors (Lipinski definition) is 3. The molecule has 2 aromatic rings. The van der Waals surface area contributed by atoms with Crippen molar-refractivity contribution in [1.82, 2.24) is 10.3 Å². The molecular formula is C14H16N2OS. The van der Waals surface area contributed by atoms with Crippen LogP contribution in [-0.2, 0) is 5.41 Å². The van der Waals surface area contributed by atoms with E-state index in [0.717, 1.165) is 0 Å². The fraction of sp³-hybridized carbons (Fsp3) is 0.286. The third-order valence-electron chi connectivity index (χ3n) is 2.91. The first-order chi connectivity index (χ1) is 8.59. The summed E-state index contributed by atoms with van der Waals surface area (Å²) in [7, 11) is 0. The molecule has 1 aromatic heterocycles. The Balaban J connectivity index is 1.99. The molecule has 2 rings (SSSR count). The zero-order chi connectivity index (χ0) is 13.0. The summed E-state index contributed by atoms with van der Waals surface area (Å²) in [5.74, 6) is -0.111. The van der Waals surface area contributed by atoms with Crippen molar-refractivity contribution in [1.29, 1.82) is 0 Å². The lowest BCUT2D eigenvalue weighted by atomic mass is 9.84. The molecule has 0 aliphatic carbocycles. The Labute approximate surface area is 111 Å². The van der Waals surface area contributed by atoms with E-state index in [1.165, 1.54) is 16.9 Å². The van der Waals surface area contributed by atoms with Crippen LogP contribution in [0.5, 0.6) is 0 Å². The number of thiazole rings is 1. The van der Waals surface area contributed by atoms with E-state index in [1.807, 2.05) is 18.2 Å². The van der Waals surface area contributed by atoms with Gasteiger partial charge in [0.25, 0.3) is 5.91 Å². The van der Waals surface area contributed by atoms with Crippen molar-refractivity contribution in [3.63, 3.8) is 0 Å². The minimum atomic E-state index is -0.111. The summed E-state index contributed by atoms with van der Waals surface area (Å²) >= 11 is 1.43. The van der Waals surface area contributed by atoms with Crippen LogP contribution >= 0.6 is 11.3 Å². The number of hydrogen-bond donors (Lipinski definition) is 1. The van der Waals surface area contributed by atoms with Crippen LogP contribution in [0, 0.1) is 0 Å². The second-order valence-electron chi connectivity index (χ2n) is 4.81. The SMILES string of the molecule is CC(C)(CNC(=O)c1cscn1)c1ccccc1. The van der Waals surface area contributed by atoms with E-state index in [0.29, 0.717) is 12.2 Å². The number of benzene rings is 1. The van der Waals surface area contributed by atoms with E-state index in [4.69, 9.17) is 0 Å². The molecule has 1 amide bonds. The summed E-state index contributed by atoms with van der Waals surface area (Å²) in [6, 6.07) is 10.2. The third-order valence-corrected chi connectivity index (χ3v) is 3.50. The summed E-state index contributed by atoms with van der Waals surface area (Å²) in [6.07, 6.45) is 0. The van der Waals surface area contributed by atoms with Crippen LogP contribution in [0.1, 0.15) is 29.9 Å². The van der Waals surface area contributed by atoms with Crippen molar-refractivity contribution in [2.75, 3.05) is 6.54 Å². The molecule has 0 bridgehead atoms. The summed E-state index contributed by atoms with van der Waals surface area (Å²) < 4.78 is 0. The lowest BCUT2D eigenvalue weighted by Crippen LogP contribution is -2.36. The van der Waals surface area contributed by atoms with Crippen molar-refractivity contribution in [3.8, 4) is 0 Å². The van der Waals surface area contributed by atoms with Crippen LogP contribution in [0.15, 0.2) is 41.2 Å². The highest BCUT2D eigenvalue weighted by Crippen LogP contribution is 2.21. The lowest BCUT2D eigenvalue weighted by Gasteiger charge is -2.25. The Kier molecular flexibility index (Phi) is 3.77. The molecule has 0 spiro atoms. The minimum Gasteiger partial charge on any atom is -0.350 e. The predicted molar refractivity (Wildman–Crippen MR) is 73.9 cm³/mol. The Morgan fingerprint density at radius 3 is 2.67 bits per heavy atom. The quantitative estimate of drug-likeness (QED) is 0.918. The van der Waals surface area contributed by atoms with E-state index >= 15 is 0 Å². The maximum Gasteiger partial charge on any atom is 0.270 e. The van der Waals surface area contributed by atoms with Crippen molar-refractivity contribution < 1.29 is 4.79 Å².